The van der Waals surface area contributed by atoms with Gasteiger partial charge in [-0.3, -0.25) is 19.4 Å². The van der Waals surface area contributed by atoms with Gasteiger partial charge in [-0.05, 0) is 30.5 Å². The van der Waals surface area contributed by atoms with Crippen LogP contribution >= 0.6 is 0 Å². The number of carbonyl (C=O) groups excluding carboxylic acids is 2. The van der Waals surface area contributed by atoms with Gasteiger partial charge in [-0.2, -0.15) is 0 Å². The third-order valence-electron chi connectivity index (χ3n) is 3.63. The molecule has 0 radical (unpaired) electrons. The molecule has 0 saturated heterocycles. The average Bonchev–Trinajstić information content (AvgIpc) is 2.66. The van der Waals surface area contributed by atoms with Crippen molar-refractivity contribution in [2.45, 2.75) is 12.8 Å². The minimum atomic E-state index is -3.82. The molecule has 9 nitrogen and oxygen atoms in total. The van der Waals surface area contributed by atoms with E-state index in [0.29, 0.717) is 12.8 Å². The van der Waals surface area contributed by atoms with E-state index < -0.39 is 34.4 Å². The molecule has 28 heavy (non-hydrogen) atoms. The summed E-state index contributed by atoms with van der Waals surface area (Å²) in [6.45, 7) is -0.566. The summed E-state index contributed by atoms with van der Waals surface area (Å²) in [5.74, 6) is -2.99. The Morgan fingerprint density at radius 3 is 2.32 bits per heavy atom. The SMILES string of the molecule is O=C(O)CNC(=O)c1ccc(C(=O)NS(=O)(=O)CCCc2ccccc2)cn1. The molecule has 2 amide bonds. The predicted octanol–water partition coefficient (Wildman–Crippen LogP) is 0.588. The number of pyridine rings is 1. The maximum atomic E-state index is 12.1. The Morgan fingerprint density at radius 2 is 1.71 bits per heavy atom. The number of carboxylic acids is 1. The lowest BCUT2D eigenvalue weighted by Crippen LogP contribution is -2.33. The highest BCUT2D eigenvalue weighted by molar-refractivity contribution is 7.90. The van der Waals surface area contributed by atoms with E-state index in [2.05, 4.69) is 10.3 Å². The van der Waals surface area contributed by atoms with E-state index in [9.17, 15) is 22.8 Å². The quantitative estimate of drug-likeness (QED) is 0.554. The molecule has 0 atom stereocenters. The Balaban J connectivity index is 1.88. The molecule has 0 spiro atoms. The third-order valence-corrected chi connectivity index (χ3v) is 4.95. The van der Waals surface area contributed by atoms with Gasteiger partial charge in [0.25, 0.3) is 11.8 Å². The normalized spacial score (nSPS) is 10.9. The van der Waals surface area contributed by atoms with Crippen LogP contribution in [-0.2, 0) is 21.2 Å². The van der Waals surface area contributed by atoms with Crippen LogP contribution in [0.3, 0.4) is 0 Å². The summed E-state index contributed by atoms with van der Waals surface area (Å²) >= 11 is 0. The lowest BCUT2D eigenvalue weighted by atomic mass is 10.1. The van der Waals surface area contributed by atoms with E-state index in [1.807, 2.05) is 35.1 Å². The fraction of sp³-hybridized carbons (Fsp3) is 0.222. The molecular formula is C18H19N3O6S. The predicted molar refractivity (Wildman–Crippen MR) is 100 cm³/mol. The maximum Gasteiger partial charge on any atom is 0.322 e. The number of carboxylic acid groups (broad SMARTS) is 1. The summed E-state index contributed by atoms with van der Waals surface area (Å²) < 4.78 is 26.1. The molecule has 0 saturated carbocycles. The van der Waals surface area contributed by atoms with Crippen LogP contribution in [0, 0.1) is 0 Å². The molecule has 0 aliphatic heterocycles. The molecule has 2 aromatic rings. The molecule has 148 valence electrons. The lowest BCUT2D eigenvalue weighted by Gasteiger charge is -2.07. The van der Waals surface area contributed by atoms with Crippen molar-refractivity contribution in [2.75, 3.05) is 12.3 Å². The van der Waals surface area contributed by atoms with Crippen molar-refractivity contribution >= 4 is 27.8 Å². The summed E-state index contributed by atoms with van der Waals surface area (Å²) in [4.78, 5) is 37.9. The number of aliphatic carboxylic acids is 1. The van der Waals surface area contributed by atoms with Gasteiger partial charge in [0.2, 0.25) is 10.0 Å². The van der Waals surface area contributed by atoms with Crippen molar-refractivity contribution in [1.29, 1.82) is 0 Å². The van der Waals surface area contributed by atoms with Crippen molar-refractivity contribution in [2.24, 2.45) is 0 Å². The Bertz CT molecular complexity index is 943. The highest BCUT2D eigenvalue weighted by Crippen LogP contribution is 2.05. The number of amides is 2. The van der Waals surface area contributed by atoms with Gasteiger partial charge in [-0.25, -0.2) is 13.1 Å². The molecule has 0 bridgehead atoms. The highest BCUT2D eigenvalue weighted by atomic mass is 32.2. The molecule has 0 fully saturated rings. The topological polar surface area (TPSA) is 143 Å². The molecule has 1 heterocycles. The van der Waals surface area contributed by atoms with Crippen LogP contribution in [-0.4, -0.2) is 48.6 Å². The second-order valence-electron chi connectivity index (χ2n) is 5.85. The van der Waals surface area contributed by atoms with E-state index in [1.54, 1.807) is 0 Å². The zero-order valence-corrected chi connectivity index (χ0v) is 15.6. The van der Waals surface area contributed by atoms with E-state index in [4.69, 9.17) is 5.11 Å². The molecule has 0 unspecified atom stereocenters. The Kier molecular flexibility index (Phi) is 7.21. The second kappa shape index (κ2) is 9.60. The van der Waals surface area contributed by atoms with Crippen LogP contribution in [0.15, 0.2) is 48.7 Å². The van der Waals surface area contributed by atoms with Crippen molar-refractivity contribution < 1.29 is 27.9 Å². The number of carbonyl (C=O) groups is 3. The first-order chi connectivity index (χ1) is 13.3. The number of aromatic nitrogens is 1. The Labute approximate surface area is 161 Å². The van der Waals surface area contributed by atoms with Crippen LogP contribution in [0.4, 0.5) is 0 Å². The van der Waals surface area contributed by atoms with Crippen LogP contribution < -0.4 is 10.0 Å². The Hall–Kier alpha value is -3.27. The number of nitrogens with zero attached hydrogens (tertiary/aromatic N) is 1. The smallest absolute Gasteiger partial charge is 0.322 e. The summed E-state index contributed by atoms with van der Waals surface area (Å²) in [5, 5.41) is 10.6. The summed E-state index contributed by atoms with van der Waals surface area (Å²) in [6, 6.07) is 11.8. The molecule has 10 heteroatoms. The van der Waals surface area contributed by atoms with Gasteiger partial charge in [0.1, 0.15) is 12.2 Å². The van der Waals surface area contributed by atoms with Gasteiger partial charge in [0.05, 0.1) is 11.3 Å². The van der Waals surface area contributed by atoms with Gasteiger partial charge in [0, 0.05) is 6.20 Å². The third kappa shape index (κ3) is 6.80. The lowest BCUT2D eigenvalue weighted by molar-refractivity contribution is -0.135. The van der Waals surface area contributed by atoms with Gasteiger partial charge in [-0.1, -0.05) is 30.3 Å². The van der Waals surface area contributed by atoms with E-state index in [1.165, 1.54) is 12.1 Å². The largest absolute Gasteiger partial charge is 0.480 e. The first kappa shape index (κ1) is 21.0. The van der Waals surface area contributed by atoms with Crippen molar-refractivity contribution in [3.63, 3.8) is 0 Å². The number of hydrogen-bond donors (Lipinski definition) is 3. The van der Waals surface area contributed by atoms with Crippen molar-refractivity contribution in [1.82, 2.24) is 15.0 Å². The number of sulfonamides is 1. The van der Waals surface area contributed by atoms with Crippen LogP contribution in [0.1, 0.15) is 32.8 Å². The minimum absolute atomic E-state index is 0.0404. The molecule has 1 aromatic carbocycles. The van der Waals surface area contributed by atoms with Gasteiger partial charge >= 0.3 is 5.97 Å². The number of benzene rings is 1. The van der Waals surface area contributed by atoms with Crippen LogP contribution in [0.25, 0.3) is 0 Å². The molecule has 2 rings (SSSR count). The molecule has 3 N–H and O–H groups in total. The average molecular weight is 405 g/mol. The molecule has 1 aromatic heterocycles. The standard InChI is InChI=1S/C18H19N3O6S/c22-16(23)12-20-18(25)15-9-8-14(11-19-15)17(24)21-28(26,27)10-4-7-13-5-2-1-3-6-13/h1-3,5-6,8-9,11H,4,7,10,12H2,(H,20,25)(H,21,24)(H,22,23). The first-order valence-electron chi connectivity index (χ1n) is 8.31. The molecule has 0 aliphatic rings. The number of hydrogen-bond acceptors (Lipinski definition) is 6. The number of nitrogens with one attached hydrogen (secondary N) is 2. The van der Waals surface area contributed by atoms with E-state index >= 15 is 0 Å². The van der Waals surface area contributed by atoms with Gasteiger partial charge in [0.15, 0.2) is 0 Å². The van der Waals surface area contributed by atoms with E-state index in [0.717, 1.165) is 11.8 Å². The maximum absolute atomic E-state index is 12.1. The highest BCUT2D eigenvalue weighted by Gasteiger charge is 2.17. The minimum Gasteiger partial charge on any atom is -0.480 e. The monoisotopic (exact) mass is 405 g/mol. The zero-order chi connectivity index (χ0) is 20.6. The first-order valence-corrected chi connectivity index (χ1v) is 9.97. The number of aryl methyl sites for hydroxylation is 1. The van der Waals surface area contributed by atoms with Crippen LogP contribution in [0.2, 0.25) is 0 Å². The zero-order valence-electron chi connectivity index (χ0n) is 14.8. The molecule has 0 aliphatic carbocycles. The van der Waals surface area contributed by atoms with Crippen molar-refractivity contribution in [3.8, 4) is 0 Å². The summed E-state index contributed by atoms with van der Waals surface area (Å²) in [7, 11) is -3.82. The fourth-order valence-corrected chi connectivity index (χ4v) is 3.30. The van der Waals surface area contributed by atoms with Crippen LogP contribution in [0.5, 0.6) is 0 Å². The van der Waals surface area contributed by atoms with Gasteiger partial charge < -0.3 is 10.4 Å². The van der Waals surface area contributed by atoms with Gasteiger partial charge in [-0.15, -0.1) is 0 Å². The van der Waals surface area contributed by atoms with Crippen molar-refractivity contribution in [3.05, 3.63) is 65.5 Å². The summed E-state index contributed by atoms with van der Waals surface area (Å²) in [6.07, 6.45) is 1.97. The summed E-state index contributed by atoms with van der Waals surface area (Å²) in [5.41, 5.74) is 0.870. The fourth-order valence-electron chi connectivity index (χ4n) is 2.27. The second-order valence-corrected chi connectivity index (χ2v) is 7.69. The number of rotatable bonds is 9. The van der Waals surface area contributed by atoms with E-state index in [-0.39, 0.29) is 17.0 Å². The Morgan fingerprint density at radius 1 is 1.00 bits per heavy atom. The molecular weight excluding hydrogens is 386 g/mol.